The summed E-state index contributed by atoms with van der Waals surface area (Å²) in [4.78, 5) is 14.7. The van der Waals surface area contributed by atoms with Crippen molar-refractivity contribution < 1.29 is 22.7 Å². The molecule has 2 aromatic carbocycles. The summed E-state index contributed by atoms with van der Waals surface area (Å²) in [6.07, 6.45) is 1.26. The van der Waals surface area contributed by atoms with Crippen molar-refractivity contribution in [3.05, 3.63) is 57.6 Å². The fraction of sp³-hybridized carbons (Fsp3) is 0.435. The second-order valence-electron chi connectivity index (χ2n) is 8.07. The molecule has 180 valence electrons. The number of carbonyl (C=O) groups excluding carboxylic acids is 1. The van der Waals surface area contributed by atoms with E-state index in [0.717, 1.165) is 5.56 Å². The molecule has 0 bridgehead atoms. The average Bonchev–Trinajstić information content (AvgIpc) is 2.80. The molecule has 2 aromatic rings. The van der Waals surface area contributed by atoms with E-state index in [1.807, 2.05) is 12.1 Å². The minimum atomic E-state index is -3.63. The molecule has 0 spiro atoms. The normalized spacial score (nSPS) is 16.9. The van der Waals surface area contributed by atoms with Gasteiger partial charge in [-0.15, -0.1) is 0 Å². The SMILES string of the molecule is COc1ccc(CN(C)C(=O)[C@H]2CCCN(S(=O)(=O)Cc3ccc(Cl)cc3Cl)C2)cc1OC. The number of carbonyl (C=O) groups is 1. The predicted molar refractivity (Wildman–Crippen MR) is 129 cm³/mol. The second kappa shape index (κ2) is 11.0. The number of benzene rings is 2. The van der Waals surface area contributed by atoms with E-state index < -0.39 is 15.9 Å². The van der Waals surface area contributed by atoms with E-state index in [0.29, 0.717) is 53.0 Å². The molecular weight excluding hydrogens is 487 g/mol. The molecule has 33 heavy (non-hydrogen) atoms. The van der Waals surface area contributed by atoms with Gasteiger partial charge in [0.1, 0.15) is 0 Å². The number of sulfonamides is 1. The van der Waals surface area contributed by atoms with Crippen LogP contribution in [0, 0.1) is 5.92 Å². The van der Waals surface area contributed by atoms with Crippen LogP contribution in [0.4, 0.5) is 0 Å². The van der Waals surface area contributed by atoms with Crippen molar-refractivity contribution in [3.63, 3.8) is 0 Å². The summed E-state index contributed by atoms with van der Waals surface area (Å²) in [7, 11) is 1.21. The summed E-state index contributed by atoms with van der Waals surface area (Å²) in [6.45, 7) is 0.919. The lowest BCUT2D eigenvalue weighted by Crippen LogP contribution is -2.46. The number of amides is 1. The number of nitrogens with zero attached hydrogens (tertiary/aromatic N) is 2. The van der Waals surface area contributed by atoms with Gasteiger partial charge in [0.05, 0.1) is 25.9 Å². The van der Waals surface area contributed by atoms with Crippen molar-refractivity contribution in [3.8, 4) is 11.5 Å². The summed E-state index contributed by atoms with van der Waals surface area (Å²) in [5.41, 5.74) is 1.38. The van der Waals surface area contributed by atoms with Crippen LogP contribution >= 0.6 is 23.2 Å². The van der Waals surface area contributed by atoms with Crippen LogP contribution in [0.3, 0.4) is 0 Å². The highest BCUT2D eigenvalue weighted by Crippen LogP contribution is 2.29. The van der Waals surface area contributed by atoms with Crippen LogP contribution in [0.5, 0.6) is 11.5 Å². The zero-order valence-electron chi connectivity index (χ0n) is 18.9. The minimum Gasteiger partial charge on any atom is -0.493 e. The third kappa shape index (κ3) is 6.32. The molecule has 0 aromatic heterocycles. The molecule has 1 fully saturated rings. The molecule has 7 nitrogen and oxygen atoms in total. The van der Waals surface area contributed by atoms with Crippen LogP contribution in [0.15, 0.2) is 36.4 Å². The van der Waals surface area contributed by atoms with E-state index in [-0.39, 0.29) is 18.2 Å². The molecule has 1 atom stereocenters. The first-order chi connectivity index (χ1) is 15.6. The van der Waals surface area contributed by atoms with Gasteiger partial charge in [0.15, 0.2) is 11.5 Å². The molecule has 3 rings (SSSR count). The quantitative estimate of drug-likeness (QED) is 0.527. The van der Waals surface area contributed by atoms with Gasteiger partial charge in [0, 0.05) is 36.7 Å². The first kappa shape index (κ1) is 25.6. The molecule has 1 heterocycles. The molecule has 0 radical (unpaired) electrons. The van der Waals surface area contributed by atoms with Crippen LogP contribution in [-0.2, 0) is 27.1 Å². The zero-order valence-corrected chi connectivity index (χ0v) is 21.2. The highest BCUT2D eigenvalue weighted by molar-refractivity contribution is 7.88. The summed E-state index contributed by atoms with van der Waals surface area (Å²) < 4.78 is 38.1. The summed E-state index contributed by atoms with van der Waals surface area (Å²) in [5.74, 6) is 0.482. The minimum absolute atomic E-state index is 0.0887. The van der Waals surface area contributed by atoms with Crippen molar-refractivity contribution in [2.24, 2.45) is 5.92 Å². The van der Waals surface area contributed by atoms with Crippen LogP contribution in [0.1, 0.15) is 24.0 Å². The topological polar surface area (TPSA) is 76.2 Å². The Kier molecular flexibility index (Phi) is 8.50. The Morgan fingerprint density at radius 3 is 2.52 bits per heavy atom. The standard InChI is InChI=1S/C23H28Cl2N2O5S/c1-26(13-16-6-9-21(31-2)22(11-16)32-3)23(28)17-5-4-10-27(14-17)33(29,30)15-18-7-8-19(24)12-20(18)25/h6-9,11-12,17H,4-5,10,13-15H2,1-3H3/t17-/m0/s1. The Hall–Kier alpha value is -2.00. The van der Waals surface area contributed by atoms with Crippen LogP contribution < -0.4 is 9.47 Å². The smallest absolute Gasteiger partial charge is 0.227 e. The largest absolute Gasteiger partial charge is 0.493 e. The third-order valence-corrected chi connectivity index (χ3v) is 8.10. The highest BCUT2D eigenvalue weighted by Gasteiger charge is 2.34. The Morgan fingerprint density at radius 2 is 1.85 bits per heavy atom. The predicted octanol–water partition coefficient (Wildman–Crippen LogP) is 4.21. The molecule has 1 amide bonds. The zero-order chi connectivity index (χ0) is 24.2. The van der Waals surface area contributed by atoms with Crippen LogP contribution in [0.2, 0.25) is 10.0 Å². The molecule has 1 aliphatic rings. The molecule has 0 saturated carbocycles. The molecule has 0 unspecified atom stereocenters. The summed E-state index contributed by atoms with van der Waals surface area (Å²) >= 11 is 12.1. The van der Waals surface area contributed by atoms with Gasteiger partial charge in [0.25, 0.3) is 0 Å². The summed E-state index contributed by atoms with van der Waals surface area (Å²) in [6, 6.07) is 10.3. The molecule has 1 aliphatic heterocycles. The van der Waals surface area contributed by atoms with E-state index in [1.165, 1.54) is 10.4 Å². The van der Waals surface area contributed by atoms with E-state index >= 15 is 0 Å². The number of ether oxygens (including phenoxy) is 2. The number of halogens is 2. The van der Waals surface area contributed by atoms with Crippen molar-refractivity contribution in [2.45, 2.75) is 25.1 Å². The lowest BCUT2D eigenvalue weighted by molar-refractivity contribution is -0.135. The fourth-order valence-electron chi connectivity index (χ4n) is 3.97. The first-order valence-corrected chi connectivity index (χ1v) is 12.9. The fourth-order valence-corrected chi connectivity index (χ4v) is 6.16. The van der Waals surface area contributed by atoms with Crippen molar-refractivity contribution in [1.82, 2.24) is 9.21 Å². The van der Waals surface area contributed by atoms with Gasteiger partial charge in [-0.3, -0.25) is 4.79 Å². The molecule has 10 heteroatoms. The van der Waals surface area contributed by atoms with Gasteiger partial charge in [0.2, 0.25) is 15.9 Å². The molecule has 0 N–H and O–H groups in total. The Balaban J connectivity index is 1.67. The highest BCUT2D eigenvalue weighted by atomic mass is 35.5. The van der Waals surface area contributed by atoms with Crippen molar-refractivity contribution >= 4 is 39.1 Å². The third-order valence-electron chi connectivity index (χ3n) is 5.72. The summed E-state index contributed by atoms with van der Waals surface area (Å²) in [5, 5.41) is 0.757. The lowest BCUT2D eigenvalue weighted by atomic mass is 9.98. The molecule has 0 aliphatic carbocycles. The van der Waals surface area contributed by atoms with Gasteiger partial charge in [-0.1, -0.05) is 35.3 Å². The molecular formula is C23H28Cl2N2O5S. The van der Waals surface area contributed by atoms with E-state index in [1.54, 1.807) is 44.4 Å². The number of rotatable bonds is 8. The van der Waals surface area contributed by atoms with E-state index in [4.69, 9.17) is 32.7 Å². The number of methoxy groups -OCH3 is 2. The van der Waals surface area contributed by atoms with Crippen LogP contribution in [0.25, 0.3) is 0 Å². The second-order valence-corrected chi connectivity index (χ2v) is 10.9. The van der Waals surface area contributed by atoms with Gasteiger partial charge in [-0.25, -0.2) is 12.7 Å². The number of hydrogen-bond acceptors (Lipinski definition) is 5. The first-order valence-electron chi connectivity index (χ1n) is 10.5. The van der Waals surface area contributed by atoms with Crippen molar-refractivity contribution in [2.75, 3.05) is 34.4 Å². The Bertz CT molecular complexity index is 1110. The lowest BCUT2D eigenvalue weighted by Gasteiger charge is -2.33. The van der Waals surface area contributed by atoms with Gasteiger partial charge in [-0.2, -0.15) is 0 Å². The number of hydrogen-bond donors (Lipinski definition) is 0. The monoisotopic (exact) mass is 514 g/mol. The van der Waals surface area contributed by atoms with Crippen molar-refractivity contribution in [1.29, 1.82) is 0 Å². The maximum atomic E-state index is 13.1. The average molecular weight is 515 g/mol. The Labute approximate surface area is 205 Å². The molecule has 1 saturated heterocycles. The van der Waals surface area contributed by atoms with Gasteiger partial charge >= 0.3 is 0 Å². The maximum Gasteiger partial charge on any atom is 0.227 e. The Morgan fingerprint density at radius 1 is 1.12 bits per heavy atom. The number of piperidine rings is 1. The maximum absolute atomic E-state index is 13.1. The van der Waals surface area contributed by atoms with E-state index in [2.05, 4.69) is 0 Å². The van der Waals surface area contributed by atoms with E-state index in [9.17, 15) is 13.2 Å². The van der Waals surface area contributed by atoms with Gasteiger partial charge in [-0.05, 0) is 48.2 Å². The van der Waals surface area contributed by atoms with Crippen LogP contribution in [-0.4, -0.2) is 57.9 Å². The van der Waals surface area contributed by atoms with Gasteiger partial charge < -0.3 is 14.4 Å².